The number of benzene rings is 6. The first kappa shape index (κ1) is 36.2. The van der Waals surface area contributed by atoms with Gasteiger partial charge in [-0.3, -0.25) is 9.59 Å². The van der Waals surface area contributed by atoms with Crippen molar-refractivity contribution in [2.24, 2.45) is 0 Å². The highest BCUT2D eigenvalue weighted by Gasteiger charge is 2.48. The number of aryl methyl sites for hydroxylation is 4. The lowest BCUT2D eigenvalue weighted by Crippen LogP contribution is -2.29. The smallest absolute Gasteiger partial charge is 0.261 e. The average Bonchev–Trinajstić information content (AvgIpc) is 3.62. The van der Waals surface area contributed by atoms with Crippen LogP contribution in [-0.2, 0) is 22.7 Å². The molecule has 0 bridgehead atoms. The Bertz CT molecular complexity index is 2350. The van der Waals surface area contributed by atoms with Gasteiger partial charge in [-0.05, 0) is 72.2 Å². The van der Waals surface area contributed by atoms with Gasteiger partial charge in [0.1, 0.15) is 0 Å². The highest BCUT2D eigenvalue weighted by Crippen LogP contribution is 2.47. The summed E-state index contributed by atoms with van der Waals surface area (Å²) in [4.78, 5) is 33.7. The summed E-state index contributed by atoms with van der Waals surface area (Å²) in [7, 11) is 0. The number of carbonyl (C=O) groups excluding carboxylic acids is 2. The van der Waals surface area contributed by atoms with Crippen LogP contribution in [0, 0.1) is 27.7 Å². The Hall–Kier alpha value is -6.78. The average molecular weight is 729 g/mol. The van der Waals surface area contributed by atoms with Crippen LogP contribution in [0.5, 0.6) is 0 Å². The first-order chi connectivity index (χ1) is 27.2. The number of hydrogen-bond donors (Lipinski definition) is 0. The summed E-state index contributed by atoms with van der Waals surface area (Å²) in [6, 6.07) is 49.5. The first-order valence-corrected chi connectivity index (χ1v) is 19.1. The van der Waals surface area contributed by atoms with Crippen molar-refractivity contribution in [3.63, 3.8) is 0 Å². The minimum atomic E-state index is -0.165. The topological polar surface area (TPSA) is 40.6 Å². The van der Waals surface area contributed by atoms with Gasteiger partial charge >= 0.3 is 0 Å². The van der Waals surface area contributed by atoms with Crippen molar-refractivity contribution in [2.45, 2.75) is 40.8 Å². The molecule has 0 aliphatic carbocycles. The fourth-order valence-corrected chi connectivity index (χ4v) is 8.00. The Kier molecular flexibility index (Phi) is 10.0. The van der Waals surface area contributed by atoms with E-state index in [9.17, 15) is 0 Å². The summed E-state index contributed by atoms with van der Waals surface area (Å²) in [6.07, 6.45) is 8.34. The van der Waals surface area contributed by atoms with Crippen molar-refractivity contribution >= 4 is 47.5 Å². The van der Waals surface area contributed by atoms with Crippen LogP contribution in [0.4, 0.5) is 0 Å². The number of rotatable bonds is 10. The summed E-state index contributed by atoms with van der Waals surface area (Å²) >= 11 is 0. The van der Waals surface area contributed by atoms with Gasteiger partial charge in [0.05, 0.1) is 35.6 Å². The molecule has 4 nitrogen and oxygen atoms in total. The largest absolute Gasteiger partial charge is 0.302 e. The van der Waals surface area contributed by atoms with E-state index >= 15 is 9.59 Å². The molecule has 2 aliphatic rings. The normalized spacial score (nSPS) is 14.3. The number of hydrogen-bond acceptors (Lipinski definition) is 2. The van der Waals surface area contributed by atoms with Crippen molar-refractivity contribution in [1.82, 2.24) is 9.80 Å². The van der Waals surface area contributed by atoms with Crippen molar-refractivity contribution in [2.75, 3.05) is 0 Å². The van der Waals surface area contributed by atoms with Gasteiger partial charge in [0.25, 0.3) is 11.8 Å². The monoisotopic (exact) mass is 728 g/mol. The third-order valence-corrected chi connectivity index (χ3v) is 10.3. The number of nitrogens with zero attached hydrogens (tertiary/aromatic N) is 2. The van der Waals surface area contributed by atoms with E-state index in [1.165, 1.54) is 0 Å². The Morgan fingerprint density at radius 1 is 0.393 bits per heavy atom. The maximum absolute atomic E-state index is 15.1. The van der Waals surface area contributed by atoms with Crippen LogP contribution in [0.25, 0.3) is 35.7 Å². The second kappa shape index (κ2) is 15.5. The molecule has 0 unspecified atom stereocenters. The lowest BCUT2D eigenvalue weighted by molar-refractivity contribution is -0.124. The minimum absolute atomic E-state index is 0.165. The zero-order valence-corrected chi connectivity index (χ0v) is 32.3. The Labute approximate surface area is 330 Å². The summed E-state index contributed by atoms with van der Waals surface area (Å²) in [5, 5.41) is 0. The fourth-order valence-electron chi connectivity index (χ4n) is 8.00. The second-order valence-corrected chi connectivity index (χ2v) is 15.0. The molecule has 0 atom stereocenters. The lowest BCUT2D eigenvalue weighted by Gasteiger charge is -2.26. The van der Waals surface area contributed by atoms with E-state index in [1.54, 1.807) is 0 Å². The highest BCUT2D eigenvalue weighted by atomic mass is 16.2. The van der Waals surface area contributed by atoms with Crippen LogP contribution < -0.4 is 0 Å². The van der Waals surface area contributed by atoms with Gasteiger partial charge in [-0.1, -0.05) is 192 Å². The molecule has 56 heavy (non-hydrogen) atoms. The van der Waals surface area contributed by atoms with Crippen molar-refractivity contribution in [1.29, 1.82) is 0 Å². The van der Waals surface area contributed by atoms with Gasteiger partial charge in [0.15, 0.2) is 0 Å². The van der Waals surface area contributed by atoms with E-state index in [0.29, 0.717) is 35.6 Å². The maximum atomic E-state index is 15.1. The van der Waals surface area contributed by atoms with Crippen molar-refractivity contribution in [3.8, 4) is 0 Å². The van der Waals surface area contributed by atoms with Crippen LogP contribution in [0.2, 0.25) is 0 Å². The highest BCUT2D eigenvalue weighted by molar-refractivity contribution is 6.30. The van der Waals surface area contributed by atoms with E-state index in [-0.39, 0.29) is 11.8 Å². The quantitative estimate of drug-likeness (QED) is 0.132. The van der Waals surface area contributed by atoms with E-state index in [0.717, 1.165) is 66.8 Å². The van der Waals surface area contributed by atoms with Gasteiger partial charge in [0.2, 0.25) is 0 Å². The molecule has 2 heterocycles. The molecule has 8 rings (SSSR count). The number of carbonyl (C=O) groups is 2. The molecule has 0 spiro atoms. The van der Waals surface area contributed by atoms with Crippen LogP contribution in [0.15, 0.2) is 157 Å². The molecule has 2 aliphatic heterocycles. The molecule has 0 saturated carbocycles. The van der Waals surface area contributed by atoms with Gasteiger partial charge < -0.3 is 9.80 Å². The predicted octanol–water partition coefficient (Wildman–Crippen LogP) is 11.5. The summed E-state index contributed by atoms with van der Waals surface area (Å²) in [6.45, 7) is 9.00. The van der Waals surface area contributed by atoms with Crippen molar-refractivity contribution in [3.05, 3.63) is 224 Å². The molecule has 0 N–H and O–H groups in total. The molecule has 0 saturated heterocycles. The molecule has 0 fully saturated rings. The SMILES string of the molecule is Cc1cc(C)cc(CN2C(=O)C3=C(c4ccc(C=Cc5ccccc5)cc4)N(Cc4cc(C)cc(C)c4)C(=O)C3=C2c2ccc(C=Cc3ccccc3)cc2)c1. The van der Waals surface area contributed by atoms with Crippen LogP contribution in [0.1, 0.15) is 66.8 Å². The molecule has 6 aromatic carbocycles. The molecule has 0 aromatic heterocycles. The molecule has 6 aromatic rings. The Balaban J connectivity index is 1.26. The fraction of sp³-hybridized carbons (Fsp3) is 0.115. The van der Waals surface area contributed by atoms with Gasteiger partial charge in [-0.2, -0.15) is 0 Å². The van der Waals surface area contributed by atoms with Crippen LogP contribution in [-0.4, -0.2) is 21.6 Å². The van der Waals surface area contributed by atoms with Gasteiger partial charge in [-0.15, -0.1) is 0 Å². The van der Waals surface area contributed by atoms with E-state index in [4.69, 9.17) is 0 Å². The van der Waals surface area contributed by atoms with E-state index < -0.39 is 0 Å². The standard InChI is InChI=1S/C52H44N2O2/c1-35-27-36(2)30-43(29-35)33-53-49(45-23-19-41(20-24-45)17-15-39-11-7-5-8-12-39)47-48(51(53)55)50(54(52(47)56)34-44-31-37(3)28-38(4)32-44)46-25-21-42(22-26-46)18-16-40-13-9-6-10-14-40/h5-32H,33-34H2,1-4H3. The summed E-state index contributed by atoms with van der Waals surface area (Å²) in [5.41, 5.74) is 14.7. The summed E-state index contributed by atoms with van der Waals surface area (Å²) < 4.78 is 0. The van der Waals surface area contributed by atoms with Crippen molar-refractivity contribution < 1.29 is 9.59 Å². The molecular weight excluding hydrogens is 685 g/mol. The van der Waals surface area contributed by atoms with E-state index in [2.05, 4.69) is 137 Å². The molecule has 0 radical (unpaired) electrons. The molecular formula is C52H44N2O2. The lowest BCUT2D eigenvalue weighted by atomic mass is 10.0. The molecule has 2 amide bonds. The van der Waals surface area contributed by atoms with Crippen LogP contribution in [0.3, 0.4) is 0 Å². The number of amides is 2. The number of fused-ring (bicyclic) bond motifs is 1. The predicted molar refractivity (Wildman–Crippen MR) is 230 cm³/mol. The third-order valence-electron chi connectivity index (χ3n) is 10.3. The minimum Gasteiger partial charge on any atom is -0.302 e. The zero-order valence-electron chi connectivity index (χ0n) is 32.3. The van der Waals surface area contributed by atoms with Crippen LogP contribution >= 0.6 is 0 Å². The Morgan fingerprint density at radius 2 is 0.696 bits per heavy atom. The van der Waals surface area contributed by atoms with Gasteiger partial charge in [0, 0.05) is 0 Å². The zero-order chi connectivity index (χ0) is 38.8. The van der Waals surface area contributed by atoms with E-state index in [1.807, 2.05) is 70.5 Å². The molecule has 4 heteroatoms. The van der Waals surface area contributed by atoms with Gasteiger partial charge in [-0.25, -0.2) is 0 Å². The summed E-state index contributed by atoms with van der Waals surface area (Å²) in [5.74, 6) is -0.330. The molecule has 274 valence electrons. The third kappa shape index (κ3) is 7.60. The first-order valence-electron chi connectivity index (χ1n) is 19.1. The maximum Gasteiger partial charge on any atom is 0.261 e. The second-order valence-electron chi connectivity index (χ2n) is 15.0. The Morgan fingerprint density at radius 3 is 1.02 bits per heavy atom.